The molecule has 2 atom stereocenters. The maximum Gasteiger partial charge on any atom is 0.332 e. The van der Waals surface area contributed by atoms with Crippen molar-refractivity contribution in [1.29, 1.82) is 0 Å². The minimum absolute atomic E-state index is 0.340. The molecular weight excluding hydrogens is 252 g/mol. The zero-order chi connectivity index (χ0) is 13.8. The molecule has 2 heterocycles. The van der Waals surface area contributed by atoms with E-state index in [0.29, 0.717) is 24.4 Å². The summed E-state index contributed by atoms with van der Waals surface area (Å²) < 4.78 is 10.1. The molecule has 0 aliphatic carbocycles. The highest BCUT2D eigenvalue weighted by molar-refractivity contribution is 5.94. The number of anilines is 1. The van der Waals surface area contributed by atoms with Gasteiger partial charge >= 0.3 is 5.97 Å². The second-order valence-corrected chi connectivity index (χ2v) is 4.11. The van der Waals surface area contributed by atoms with Gasteiger partial charge in [0.25, 0.3) is 5.91 Å². The number of carbonyl (C=O) groups is 2. The summed E-state index contributed by atoms with van der Waals surface area (Å²) in [5.74, 6) is -1.02. The summed E-state index contributed by atoms with van der Waals surface area (Å²) in [6.07, 6.45) is 0.602. The van der Waals surface area contributed by atoms with Gasteiger partial charge in [-0.1, -0.05) is 0 Å². The monoisotopic (exact) mass is 266 g/mol. The average Bonchev–Trinajstić information content (AvgIpc) is 2.89. The SMILES string of the molecule is COc1cc(NC(=O)[C@@H]2CC[C@H](C(=O)O)O2)ccn1. The molecule has 7 nitrogen and oxygen atoms in total. The first-order chi connectivity index (χ1) is 9.10. The van der Waals surface area contributed by atoms with Gasteiger partial charge in [0, 0.05) is 18.0 Å². The Kier molecular flexibility index (Phi) is 3.96. The van der Waals surface area contributed by atoms with E-state index in [1.54, 1.807) is 12.1 Å². The summed E-state index contributed by atoms with van der Waals surface area (Å²) in [6, 6.07) is 3.19. The molecule has 0 aromatic carbocycles. The Morgan fingerprint density at radius 2 is 2.21 bits per heavy atom. The van der Waals surface area contributed by atoms with Gasteiger partial charge < -0.3 is 19.9 Å². The molecule has 2 N–H and O–H groups in total. The highest BCUT2D eigenvalue weighted by Crippen LogP contribution is 2.22. The first-order valence-electron chi connectivity index (χ1n) is 5.79. The first-order valence-corrected chi connectivity index (χ1v) is 5.79. The van der Waals surface area contributed by atoms with E-state index in [9.17, 15) is 9.59 Å². The predicted octanol–water partition coefficient (Wildman–Crippen LogP) is 0.661. The van der Waals surface area contributed by atoms with Gasteiger partial charge in [-0.2, -0.15) is 0 Å². The molecule has 1 aliphatic rings. The van der Waals surface area contributed by atoms with Crippen molar-refractivity contribution < 1.29 is 24.2 Å². The normalized spacial score (nSPS) is 21.9. The number of rotatable bonds is 4. The number of aliphatic carboxylic acids is 1. The van der Waals surface area contributed by atoms with Gasteiger partial charge in [0.2, 0.25) is 5.88 Å². The molecule has 19 heavy (non-hydrogen) atoms. The number of aromatic nitrogens is 1. The summed E-state index contributed by atoms with van der Waals surface area (Å²) in [5, 5.41) is 11.4. The van der Waals surface area contributed by atoms with Crippen molar-refractivity contribution in [2.24, 2.45) is 0 Å². The molecule has 1 saturated heterocycles. The van der Waals surface area contributed by atoms with Gasteiger partial charge in [0.1, 0.15) is 6.10 Å². The Morgan fingerprint density at radius 3 is 2.84 bits per heavy atom. The average molecular weight is 266 g/mol. The Bertz CT molecular complexity index is 491. The van der Waals surface area contributed by atoms with Crippen LogP contribution >= 0.6 is 0 Å². The molecule has 1 amide bonds. The number of amides is 1. The third-order valence-electron chi connectivity index (χ3n) is 2.80. The first kappa shape index (κ1) is 13.3. The van der Waals surface area contributed by atoms with E-state index >= 15 is 0 Å². The van der Waals surface area contributed by atoms with E-state index in [-0.39, 0.29) is 5.91 Å². The summed E-state index contributed by atoms with van der Waals surface area (Å²) in [4.78, 5) is 26.5. The van der Waals surface area contributed by atoms with Crippen LogP contribution in [0.3, 0.4) is 0 Å². The highest BCUT2D eigenvalue weighted by atomic mass is 16.5. The van der Waals surface area contributed by atoms with Gasteiger partial charge in [-0.25, -0.2) is 9.78 Å². The largest absolute Gasteiger partial charge is 0.481 e. The maximum absolute atomic E-state index is 11.9. The lowest BCUT2D eigenvalue weighted by molar-refractivity contribution is -0.150. The van der Waals surface area contributed by atoms with Crippen LogP contribution in [-0.4, -0.2) is 41.3 Å². The number of hydrogen-bond acceptors (Lipinski definition) is 5. The second-order valence-electron chi connectivity index (χ2n) is 4.11. The van der Waals surface area contributed by atoms with Crippen molar-refractivity contribution in [2.45, 2.75) is 25.0 Å². The number of hydrogen-bond donors (Lipinski definition) is 2. The Morgan fingerprint density at radius 1 is 1.47 bits per heavy atom. The van der Waals surface area contributed by atoms with Crippen molar-refractivity contribution in [3.05, 3.63) is 18.3 Å². The number of carboxylic acid groups (broad SMARTS) is 1. The number of carbonyl (C=O) groups excluding carboxylic acids is 1. The fourth-order valence-electron chi connectivity index (χ4n) is 1.83. The third-order valence-corrected chi connectivity index (χ3v) is 2.80. The van der Waals surface area contributed by atoms with Crippen LogP contribution < -0.4 is 10.1 Å². The molecule has 2 rings (SSSR count). The van der Waals surface area contributed by atoms with Crippen molar-refractivity contribution in [2.75, 3.05) is 12.4 Å². The standard InChI is InChI=1S/C12H14N2O5/c1-18-10-6-7(4-5-13-10)14-11(15)8-2-3-9(19-8)12(16)17/h4-6,8-9H,2-3H2,1H3,(H,16,17)(H,13,14,15)/t8-,9+/m0/s1. The lowest BCUT2D eigenvalue weighted by Gasteiger charge is -2.12. The number of pyridine rings is 1. The van der Waals surface area contributed by atoms with Crippen LogP contribution in [0.1, 0.15) is 12.8 Å². The molecule has 0 saturated carbocycles. The lowest BCUT2D eigenvalue weighted by atomic mass is 10.2. The summed E-state index contributed by atoms with van der Waals surface area (Å²) in [6.45, 7) is 0. The zero-order valence-electron chi connectivity index (χ0n) is 10.3. The lowest BCUT2D eigenvalue weighted by Crippen LogP contribution is -2.29. The van der Waals surface area contributed by atoms with E-state index in [2.05, 4.69) is 10.3 Å². The maximum atomic E-state index is 11.9. The number of carboxylic acids is 1. The van der Waals surface area contributed by atoms with Gasteiger partial charge in [-0.3, -0.25) is 4.79 Å². The molecule has 1 aromatic rings. The molecular formula is C12H14N2O5. The highest BCUT2D eigenvalue weighted by Gasteiger charge is 2.34. The molecule has 1 aromatic heterocycles. The third kappa shape index (κ3) is 3.19. The Labute approximate surface area is 109 Å². The van der Waals surface area contributed by atoms with Crippen LogP contribution in [0.2, 0.25) is 0 Å². The van der Waals surface area contributed by atoms with Crippen LogP contribution in [0, 0.1) is 0 Å². The fraction of sp³-hybridized carbons (Fsp3) is 0.417. The zero-order valence-corrected chi connectivity index (χ0v) is 10.3. The van der Waals surface area contributed by atoms with Crippen LogP contribution in [0.25, 0.3) is 0 Å². The Hall–Kier alpha value is -2.15. The van der Waals surface area contributed by atoms with Crippen LogP contribution in [0.4, 0.5) is 5.69 Å². The molecule has 102 valence electrons. The van der Waals surface area contributed by atoms with E-state index in [1.165, 1.54) is 13.3 Å². The van der Waals surface area contributed by atoms with E-state index in [4.69, 9.17) is 14.6 Å². The number of ether oxygens (including phenoxy) is 2. The number of nitrogens with one attached hydrogen (secondary N) is 1. The summed E-state index contributed by atoms with van der Waals surface area (Å²) in [7, 11) is 1.48. The quantitative estimate of drug-likeness (QED) is 0.830. The molecule has 0 radical (unpaired) electrons. The number of nitrogens with zero attached hydrogens (tertiary/aromatic N) is 1. The smallest absolute Gasteiger partial charge is 0.332 e. The minimum Gasteiger partial charge on any atom is -0.481 e. The molecule has 1 aliphatic heterocycles. The molecule has 0 bridgehead atoms. The molecule has 0 unspecified atom stereocenters. The van der Waals surface area contributed by atoms with E-state index in [0.717, 1.165) is 0 Å². The van der Waals surface area contributed by atoms with Crippen LogP contribution in [0.15, 0.2) is 18.3 Å². The Balaban J connectivity index is 1.96. The van der Waals surface area contributed by atoms with Crippen molar-refractivity contribution in [3.63, 3.8) is 0 Å². The van der Waals surface area contributed by atoms with E-state index < -0.39 is 18.2 Å². The molecule has 0 spiro atoms. The molecule has 1 fully saturated rings. The van der Waals surface area contributed by atoms with Gasteiger partial charge in [-0.05, 0) is 18.9 Å². The van der Waals surface area contributed by atoms with Crippen molar-refractivity contribution >= 4 is 17.6 Å². The molecule has 7 heteroatoms. The minimum atomic E-state index is -1.04. The number of methoxy groups -OCH3 is 1. The van der Waals surface area contributed by atoms with Crippen molar-refractivity contribution in [3.8, 4) is 5.88 Å². The van der Waals surface area contributed by atoms with Gasteiger partial charge in [-0.15, -0.1) is 0 Å². The fourth-order valence-corrected chi connectivity index (χ4v) is 1.83. The van der Waals surface area contributed by atoms with Gasteiger partial charge in [0.15, 0.2) is 6.10 Å². The summed E-state index contributed by atoms with van der Waals surface area (Å²) in [5.41, 5.74) is 0.527. The second kappa shape index (κ2) is 5.66. The summed E-state index contributed by atoms with van der Waals surface area (Å²) >= 11 is 0. The predicted molar refractivity (Wildman–Crippen MR) is 64.9 cm³/mol. The van der Waals surface area contributed by atoms with Crippen molar-refractivity contribution in [1.82, 2.24) is 4.98 Å². The van der Waals surface area contributed by atoms with Gasteiger partial charge in [0.05, 0.1) is 7.11 Å². The van der Waals surface area contributed by atoms with Crippen LogP contribution in [-0.2, 0) is 14.3 Å². The van der Waals surface area contributed by atoms with Crippen LogP contribution in [0.5, 0.6) is 5.88 Å². The van der Waals surface area contributed by atoms with E-state index in [1.807, 2.05) is 0 Å². The topological polar surface area (TPSA) is 97.8 Å².